The molecule has 2 bridgehead atoms. The molecule has 1 aliphatic heterocycles. The van der Waals surface area contributed by atoms with Crippen LogP contribution in [0.2, 0.25) is 0 Å². The van der Waals surface area contributed by atoms with E-state index in [-0.39, 0.29) is 35.9 Å². The highest BCUT2D eigenvalue weighted by Crippen LogP contribution is 2.65. The van der Waals surface area contributed by atoms with E-state index in [2.05, 4.69) is 28.1 Å². The third-order valence-corrected chi connectivity index (χ3v) is 8.59. The summed E-state index contributed by atoms with van der Waals surface area (Å²) >= 11 is 3.33. The number of amides is 2. The van der Waals surface area contributed by atoms with Gasteiger partial charge in [-0.25, -0.2) is 4.79 Å². The van der Waals surface area contributed by atoms with Crippen LogP contribution in [0.25, 0.3) is 0 Å². The molecule has 2 aromatic rings. The zero-order valence-electron chi connectivity index (χ0n) is 18.9. The van der Waals surface area contributed by atoms with Gasteiger partial charge >= 0.3 is 5.97 Å². The van der Waals surface area contributed by atoms with Gasteiger partial charge in [0, 0.05) is 16.5 Å². The van der Waals surface area contributed by atoms with Gasteiger partial charge in [-0.05, 0) is 47.8 Å². The number of hydrogen-bond donors (Lipinski definition) is 0. The molecule has 4 aliphatic carbocycles. The second kappa shape index (κ2) is 8.55. The average molecular weight is 534 g/mol. The molecule has 2 amide bonds. The van der Waals surface area contributed by atoms with Crippen molar-refractivity contribution < 1.29 is 23.9 Å². The number of allylic oxidation sites excluding steroid dienone is 2. The van der Waals surface area contributed by atoms with Gasteiger partial charge in [0.2, 0.25) is 11.8 Å². The molecule has 0 radical (unpaired) electrons. The van der Waals surface area contributed by atoms with E-state index in [9.17, 15) is 19.2 Å². The largest absolute Gasteiger partial charge is 0.456 e. The molecule has 6 nitrogen and oxygen atoms in total. The van der Waals surface area contributed by atoms with E-state index in [4.69, 9.17) is 4.74 Å². The first-order chi connectivity index (χ1) is 16.9. The fourth-order valence-corrected chi connectivity index (χ4v) is 6.62. The molecule has 1 saturated heterocycles. The molecular formula is C28H24BrNO5. The lowest BCUT2D eigenvalue weighted by Gasteiger charge is -2.37. The predicted octanol–water partition coefficient (Wildman–Crippen LogP) is 3.84. The summed E-state index contributed by atoms with van der Waals surface area (Å²) in [6, 6.07) is 14.9. The summed E-state index contributed by atoms with van der Waals surface area (Å²) in [6.45, 7) is -0.453. The van der Waals surface area contributed by atoms with E-state index in [0.717, 1.165) is 21.4 Å². The van der Waals surface area contributed by atoms with Gasteiger partial charge in [0.1, 0.15) is 6.04 Å². The van der Waals surface area contributed by atoms with Crippen molar-refractivity contribution in [3.05, 3.63) is 82.3 Å². The summed E-state index contributed by atoms with van der Waals surface area (Å²) in [6.07, 6.45) is 5.44. The number of benzene rings is 2. The first-order valence-corrected chi connectivity index (χ1v) is 12.8. The molecule has 2 aromatic carbocycles. The molecule has 0 N–H and O–H groups in total. The van der Waals surface area contributed by atoms with Crippen LogP contribution in [0, 0.1) is 35.5 Å². The SMILES string of the molecule is O=C(COC(=O)[C@H](Cc1ccccc1)N1C(=O)[C@@H]2[C@@H]3C=C[C@H]([C@H]4C[C@H]34)[C@@H]2C1=O)c1ccc(Br)cc1. The molecule has 7 atom stereocenters. The number of hydrogen-bond acceptors (Lipinski definition) is 5. The smallest absolute Gasteiger partial charge is 0.330 e. The topological polar surface area (TPSA) is 80.8 Å². The molecule has 178 valence electrons. The molecule has 35 heavy (non-hydrogen) atoms. The van der Waals surface area contributed by atoms with Crippen LogP contribution in [0.5, 0.6) is 0 Å². The van der Waals surface area contributed by atoms with E-state index in [1.54, 1.807) is 24.3 Å². The van der Waals surface area contributed by atoms with E-state index >= 15 is 0 Å². The Kier molecular flexibility index (Phi) is 5.48. The normalized spacial score (nSPS) is 30.6. The van der Waals surface area contributed by atoms with E-state index in [1.807, 2.05) is 30.3 Å². The number of rotatable bonds is 7. The van der Waals surface area contributed by atoms with Crippen LogP contribution >= 0.6 is 15.9 Å². The van der Waals surface area contributed by atoms with Crippen molar-refractivity contribution in [2.75, 3.05) is 6.61 Å². The van der Waals surface area contributed by atoms with Crippen molar-refractivity contribution in [3.63, 3.8) is 0 Å². The van der Waals surface area contributed by atoms with E-state index in [0.29, 0.717) is 17.4 Å². The molecule has 2 saturated carbocycles. The van der Waals surface area contributed by atoms with Crippen LogP contribution in [0.3, 0.4) is 0 Å². The summed E-state index contributed by atoms with van der Waals surface area (Å²) < 4.78 is 6.26. The van der Waals surface area contributed by atoms with Crippen molar-refractivity contribution in [1.82, 2.24) is 4.90 Å². The van der Waals surface area contributed by atoms with E-state index in [1.165, 1.54) is 0 Å². The first-order valence-electron chi connectivity index (χ1n) is 12.0. The van der Waals surface area contributed by atoms with E-state index < -0.39 is 30.5 Å². The molecule has 7 heteroatoms. The number of ether oxygens (including phenoxy) is 1. The number of imide groups is 1. The van der Waals surface area contributed by atoms with Crippen LogP contribution in [-0.4, -0.2) is 41.1 Å². The average Bonchev–Trinajstić information content (AvgIpc) is 3.65. The van der Waals surface area contributed by atoms with Crippen LogP contribution in [0.15, 0.2) is 71.2 Å². The monoisotopic (exact) mass is 533 g/mol. The maximum atomic E-state index is 13.6. The number of carbonyl (C=O) groups is 4. The maximum absolute atomic E-state index is 13.6. The molecule has 0 unspecified atom stereocenters. The van der Waals surface area contributed by atoms with Crippen LogP contribution in [0.1, 0.15) is 22.3 Å². The summed E-state index contributed by atoms with van der Waals surface area (Å²) in [5, 5.41) is 0. The summed E-state index contributed by atoms with van der Waals surface area (Å²) in [7, 11) is 0. The van der Waals surface area contributed by atoms with Gasteiger partial charge in [-0.1, -0.05) is 70.5 Å². The number of halogens is 1. The Morgan fingerprint density at radius 1 is 0.914 bits per heavy atom. The minimum absolute atomic E-state index is 0.0730. The Balaban J connectivity index is 1.25. The van der Waals surface area contributed by atoms with Crippen LogP contribution < -0.4 is 0 Å². The quantitative estimate of drug-likeness (QED) is 0.234. The van der Waals surface area contributed by atoms with Crippen molar-refractivity contribution in [2.45, 2.75) is 18.9 Å². The Hall–Kier alpha value is -3.06. The molecule has 7 rings (SSSR count). The predicted molar refractivity (Wildman–Crippen MR) is 130 cm³/mol. The molecule has 0 spiro atoms. The molecule has 3 fully saturated rings. The second-order valence-electron chi connectivity index (χ2n) is 9.94. The third kappa shape index (κ3) is 3.77. The van der Waals surface area contributed by atoms with Crippen molar-refractivity contribution >= 4 is 39.5 Å². The zero-order chi connectivity index (χ0) is 24.3. The highest BCUT2D eigenvalue weighted by atomic mass is 79.9. The number of likely N-dealkylation sites (tertiary alicyclic amines) is 1. The Bertz CT molecular complexity index is 1200. The lowest BCUT2D eigenvalue weighted by Crippen LogP contribution is -2.48. The molecule has 1 heterocycles. The fraction of sp³-hybridized carbons (Fsp3) is 0.357. The van der Waals surface area contributed by atoms with Crippen LogP contribution in [0.4, 0.5) is 0 Å². The lowest BCUT2D eigenvalue weighted by atomic mass is 9.63. The standard InChI is InChI=1S/C28H24BrNO5/c29-17-8-6-16(7-9-17)23(31)14-35-28(34)22(12-15-4-2-1-3-5-15)30-26(32)24-18-10-11-19(21-13-20(18)21)25(24)27(30)33/h1-11,18-22,24-25H,12-14H2/t18-,19-,20-,21-,22+,24-,25+/m1/s1. The van der Waals surface area contributed by atoms with Gasteiger partial charge in [-0.2, -0.15) is 0 Å². The van der Waals surface area contributed by atoms with Crippen molar-refractivity contribution in [2.24, 2.45) is 35.5 Å². The number of esters is 1. The molecular weight excluding hydrogens is 510 g/mol. The maximum Gasteiger partial charge on any atom is 0.330 e. The summed E-state index contributed by atoms with van der Waals surface area (Å²) in [5.41, 5.74) is 1.23. The lowest BCUT2D eigenvalue weighted by molar-refractivity contribution is -0.158. The van der Waals surface area contributed by atoms with Crippen molar-refractivity contribution in [3.8, 4) is 0 Å². The number of ketones is 1. The van der Waals surface area contributed by atoms with Gasteiger partial charge in [0.15, 0.2) is 12.4 Å². The van der Waals surface area contributed by atoms with Gasteiger partial charge < -0.3 is 4.74 Å². The Morgan fingerprint density at radius 3 is 2.11 bits per heavy atom. The highest BCUT2D eigenvalue weighted by molar-refractivity contribution is 9.10. The number of Topliss-reactive ketones (excluding diaryl/α,β-unsaturated/α-hetero) is 1. The first kappa shape index (κ1) is 22.4. The minimum Gasteiger partial charge on any atom is -0.456 e. The summed E-state index contributed by atoms with van der Waals surface area (Å²) in [5.74, 6) is -1.31. The molecule has 0 aromatic heterocycles. The highest BCUT2D eigenvalue weighted by Gasteiger charge is 2.68. The van der Waals surface area contributed by atoms with Gasteiger partial charge in [-0.3, -0.25) is 19.3 Å². The number of carbonyl (C=O) groups excluding carboxylic acids is 4. The molecule has 5 aliphatic rings. The van der Waals surface area contributed by atoms with Gasteiger partial charge in [0.25, 0.3) is 0 Å². The Labute approximate surface area is 211 Å². The van der Waals surface area contributed by atoms with Crippen molar-refractivity contribution in [1.29, 1.82) is 0 Å². The fourth-order valence-electron chi connectivity index (χ4n) is 6.36. The summed E-state index contributed by atoms with van der Waals surface area (Å²) in [4.78, 5) is 54.3. The van der Waals surface area contributed by atoms with Crippen LogP contribution in [-0.2, 0) is 25.5 Å². The van der Waals surface area contributed by atoms with Gasteiger partial charge in [0.05, 0.1) is 11.8 Å². The Morgan fingerprint density at radius 2 is 1.51 bits per heavy atom. The second-order valence-corrected chi connectivity index (χ2v) is 10.9. The van der Waals surface area contributed by atoms with Gasteiger partial charge in [-0.15, -0.1) is 0 Å². The zero-order valence-corrected chi connectivity index (χ0v) is 20.5. The third-order valence-electron chi connectivity index (χ3n) is 8.06. The number of nitrogens with zero attached hydrogens (tertiary/aromatic N) is 1. The minimum atomic E-state index is -1.10.